The van der Waals surface area contributed by atoms with Gasteiger partial charge in [0, 0.05) is 19.6 Å². The lowest BCUT2D eigenvalue weighted by Crippen LogP contribution is -2.54. The highest BCUT2D eigenvalue weighted by Crippen LogP contribution is 2.11. The van der Waals surface area contributed by atoms with Gasteiger partial charge in [0.15, 0.2) is 0 Å². The van der Waals surface area contributed by atoms with Crippen molar-refractivity contribution >= 4 is 10.0 Å². The second-order valence-corrected chi connectivity index (χ2v) is 5.80. The summed E-state index contributed by atoms with van der Waals surface area (Å²) in [5, 5.41) is 3.17. The number of morpholine rings is 1. The van der Waals surface area contributed by atoms with Gasteiger partial charge >= 0.3 is 0 Å². The largest absolute Gasteiger partial charge is 0.371 e. The molecule has 1 saturated heterocycles. The molecule has 2 N–H and O–H groups in total. The van der Waals surface area contributed by atoms with Crippen LogP contribution in [0, 0.1) is 0 Å². The molecule has 0 saturated carbocycles. The van der Waals surface area contributed by atoms with Crippen LogP contribution in [-0.4, -0.2) is 46.0 Å². The SMILES string of the molecule is CCS(=O)(=O)NCC1(C)CNCCO1. The Kier molecular flexibility index (Phi) is 3.88. The highest BCUT2D eigenvalue weighted by Gasteiger charge is 2.28. The fourth-order valence-electron chi connectivity index (χ4n) is 1.25. The van der Waals surface area contributed by atoms with Crippen molar-refractivity contribution in [1.82, 2.24) is 10.0 Å². The predicted octanol–water partition coefficient (Wildman–Crippen LogP) is -0.696. The minimum absolute atomic E-state index is 0.108. The van der Waals surface area contributed by atoms with Gasteiger partial charge in [-0.25, -0.2) is 13.1 Å². The molecule has 0 spiro atoms. The molecule has 1 heterocycles. The van der Waals surface area contributed by atoms with Gasteiger partial charge in [-0.2, -0.15) is 0 Å². The number of hydrogen-bond acceptors (Lipinski definition) is 4. The third-order valence-corrected chi connectivity index (χ3v) is 3.62. The van der Waals surface area contributed by atoms with Gasteiger partial charge in [0.2, 0.25) is 10.0 Å². The molecule has 0 aromatic heterocycles. The third-order valence-electron chi connectivity index (χ3n) is 2.27. The van der Waals surface area contributed by atoms with Crippen LogP contribution in [0.15, 0.2) is 0 Å². The molecule has 84 valence electrons. The van der Waals surface area contributed by atoms with Crippen molar-refractivity contribution in [3.05, 3.63) is 0 Å². The van der Waals surface area contributed by atoms with Crippen molar-refractivity contribution in [2.45, 2.75) is 19.4 Å². The maximum atomic E-state index is 11.2. The number of rotatable bonds is 4. The molecule has 14 heavy (non-hydrogen) atoms. The molecular formula is C8H18N2O3S. The Hall–Kier alpha value is -0.170. The van der Waals surface area contributed by atoms with Gasteiger partial charge in [-0.3, -0.25) is 0 Å². The zero-order chi connectivity index (χ0) is 10.7. The Morgan fingerprint density at radius 1 is 1.57 bits per heavy atom. The van der Waals surface area contributed by atoms with E-state index in [2.05, 4.69) is 10.0 Å². The van der Waals surface area contributed by atoms with E-state index >= 15 is 0 Å². The van der Waals surface area contributed by atoms with Gasteiger partial charge in [0.25, 0.3) is 0 Å². The fraction of sp³-hybridized carbons (Fsp3) is 1.00. The van der Waals surface area contributed by atoms with E-state index in [0.717, 1.165) is 6.54 Å². The van der Waals surface area contributed by atoms with Crippen LogP contribution >= 0.6 is 0 Å². The molecule has 0 aromatic carbocycles. The van der Waals surface area contributed by atoms with Crippen LogP contribution in [0.3, 0.4) is 0 Å². The van der Waals surface area contributed by atoms with E-state index in [1.165, 1.54) is 0 Å². The summed E-state index contributed by atoms with van der Waals surface area (Å²) in [6.07, 6.45) is 0. The number of hydrogen-bond donors (Lipinski definition) is 2. The summed E-state index contributed by atoms with van der Waals surface area (Å²) in [7, 11) is -3.11. The Balaban J connectivity index is 2.43. The molecule has 6 heteroatoms. The second kappa shape index (κ2) is 4.57. The average molecular weight is 222 g/mol. The number of nitrogens with one attached hydrogen (secondary N) is 2. The van der Waals surface area contributed by atoms with Crippen LogP contribution in [-0.2, 0) is 14.8 Å². The minimum atomic E-state index is -3.11. The van der Waals surface area contributed by atoms with Crippen molar-refractivity contribution in [3.63, 3.8) is 0 Å². The summed E-state index contributed by atoms with van der Waals surface area (Å²) < 4.78 is 30.4. The van der Waals surface area contributed by atoms with Crippen LogP contribution in [0.1, 0.15) is 13.8 Å². The van der Waals surface area contributed by atoms with Crippen molar-refractivity contribution in [2.24, 2.45) is 0 Å². The van der Waals surface area contributed by atoms with Crippen molar-refractivity contribution in [3.8, 4) is 0 Å². The first-order valence-corrected chi connectivity index (χ1v) is 6.45. The maximum Gasteiger partial charge on any atom is 0.211 e. The monoisotopic (exact) mass is 222 g/mol. The quantitative estimate of drug-likeness (QED) is 0.660. The van der Waals surface area contributed by atoms with E-state index in [0.29, 0.717) is 19.7 Å². The van der Waals surface area contributed by atoms with E-state index in [1.54, 1.807) is 6.92 Å². The van der Waals surface area contributed by atoms with Crippen molar-refractivity contribution in [2.75, 3.05) is 32.0 Å². The van der Waals surface area contributed by atoms with E-state index in [1.807, 2.05) is 6.92 Å². The summed E-state index contributed by atoms with van der Waals surface area (Å²) in [6, 6.07) is 0. The predicted molar refractivity (Wildman–Crippen MR) is 54.7 cm³/mol. The lowest BCUT2D eigenvalue weighted by atomic mass is 10.1. The molecule has 0 radical (unpaired) electrons. The minimum Gasteiger partial charge on any atom is -0.371 e. The molecule has 0 aliphatic carbocycles. The molecule has 0 aromatic rings. The van der Waals surface area contributed by atoms with Crippen LogP contribution in [0.5, 0.6) is 0 Å². The van der Waals surface area contributed by atoms with Crippen LogP contribution in [0.2, 0.25) is 0 Å². The first-order chi connectivity index (χ1) is 6.47. The molecule has 5 nitrogen and oxygen atoms in total. The van der Waals surface area contributed by atoms with Gasteiger partial charge in [0.1, 0.15) is 0 Å². The summed E-state index contributed by atoms with van der Waals surface area (Å²) >= 11 is 0. The van der Waals surface area contributed by atoms with E-state index in [4.69, 9.17) is 4.74 Å². The molecule has 0 amide bonds. The van der Waals surface area contributed by atoms with E-state index in [9.17, 15) is 8.42 Å². The summed E-state index contributed by atoms with van der Waals surface area (Å²) in [5.74, 6) is 0.108. The maximum absolute atomic E-state index is 11.2. The van der Waals surface area contributed by atoms with E-state index in [-0.39, 0.29) is 5.75 Å². The highest BCUT2D eigenvalue weighted by molar-refractivity contribution is 7.89. The third kappa shape index (κ3) is 3.53. The van der Waals surface area contributed by atoms with E-state index < -0.39 is 15.6 Å². The molecule has 0 bridgehead atoms. The van der Waals surface area contributed by atoms with Crippen LogP contribution < -0.4 is 10.0 Å². The molecule has 1 aliphatic heterocycles. The topological polar surface area (TPSA) is 67.4 Å². The molecular weight excluding hydrogens is 204 g/mol. The first-order valence-electron chi connectivity index (χ1n) is 4.79. The molecule has 1 fully saturated rings. The van der Waals surface area contributed by atoms with Gasteiger partial charge < -0.3 is 10.1 Å². The number of ether oxygens (including phenoxy) is 1. The normalized spacial score (nSPS) is 29.0. The van der Waals surface area contributed by atoms with Crippen LogP contribution in [0.25, 0.3) is 0 Å². The molecule has 1 unspecified atom stereocenters. The lowest BCUT2D eigenvalue weighted by Gasteiger charge is -2.34. The molecule has 1 rings (SSSR count). The fourth-order valence-corrected chi connectivity index (χ4v) is 1.98. The summed E-state index contributed by atoms with van der Waals surface area (Å²) in [4.78, 5) is 0. The summed E-state index contributed by atoms with van der Waals surface area (Å²) in [6.45, 7) is 5.98. The lowest BCUT2D eigenvalue weighted by molar-refractivity contribution is -0.0475. The first kappa shape index (κ1) is 11.9. The Labute approximate surface area is 85.3 Å². The standard InChI is InChI=1S/C8H18N2O3S/c1-3-14(11,12)10-7-8(2)6-9-4-5-13-8/h9-10H,3-7H2,1-2H3. The van der Waals surface area contributed by atoms with Gasteiger partial charge in [0.05, 0.1) is 18.0 Å². The molecule has 1 aliphatic rings. The Morgan fingerprint density at radius 3 is 2.79 bits per heavy atom. The van der Waals surface area contributed by atoms with Gasteiger partial charge in [-0.05, 0) is 13.8 Å². The van der Waals surface area contributed by atoms with Crippen molar-refractivity contribution < 1.29 is 13.2 Å². The molecule has 1 atom stereocenters. The Morgan fingerprint density at radius 2 is 2.29 bits per heavy atom. The zero-order valence-electron chi connectivity index (χ0n) is 8.67. The van der Waals surface area contributed by atoms with Gasteiger partial charge in [-0.15, -0.1) is 0 Å². The Bertz CT molecular complexity index is 270. The number of sulfonamides is 1. The average Bonchev–Trinajstić information content (AvgIpc) is 2.17. The summed E-state index contributed by atoms with van der Waals surface area (Å²) in [5.41, 5.74) is -0.416. The smallest absolute Gasteiger partial charge is 0.211 e. The highest BCUT2D eigenvalue weighted by atomic mass is 32.2. The van der Waals surface area contributed by atoms with Crippen LogP contribution in [0.4, 0.5) is 0 Å². The zero-order valence-corrected chi connectivity index (χ0v) is 9.49. The van der Waals surface area contributed by atoms with Gasteiger partial charge in [-0.1, -0.05) is 0 Å². The second-order valence-electron chi connectivity index (χ2n) is 3.70. The van der Waals surface area contributed by atoms with Crippen molar-refractivity contribution in [1.29, 1.82) is 0 Å².